The van der Waals surface area contributed by atoms with Gasteiger partial charge in [0.15, 0.2) is 0 Å². The summed E-state index contributed by atoms with van der Waals surface area (Å²) in [6.07, 6.45) is 3.53. The molecule has 2 atom stereocenters. The molecule has 0 spiro atoms. The number of hydrogen-bond donors (Lipinski definition) is 1. The number of halogens is 1. The molecule has 30 heavy (non-hydrogen) atoms. The summed E-state index contributed by atoms with van der Waals surface area (Å²) in [7, 11) is 0. The van der Waals surface area contributed by atoms with Gasteiger partial charge in [-0.1, -0.05) is 43.3 Å². The highest BCUT2D eigenvalue weighted by Crippen LogP contribution is 2.28. The standard InChI is InChI=1S/C24H31N3O2.ClH/c1-17-9-14-27(20(15-17)16-25)23(28)19-10-12-26(13-11-19)24(29)22-8-4-6-18-5-2-3-7-21(18)22;/h2-8,17,19-20H,9-16,25H2,1H3;1H. The molecular formula is C24H32ClN3O2. The molecule has 162 valence electrons. The van der Waals surface area contributed by atoms with Crippen molar-refractivity contribution in [3.05, 3.63) is 48.0 Å². The first kappa shape index (κ1) is 22.6. The Bertz CT molecular complexity index is 890. The van der Waals surface area contributed by atoms with E-state index < -0.39 is 0 Å². The van der Waals surface area contributed by atoms with Gasteiger partial charge in [-0.25, -0.2) is 0 Å². The van der Waals surface area contributed by atoms with E-state index in [9.17, 15) is 9.59 Å². The van der Waals surface area contributed by atoms with Crippen molar-refractivity contribution in [2.75, 3.05) is 26.2 Å². The molecule has 2 heterocycles. The van der Waals surface area contributed by atoms with Crippen molar-refractivity contribution in [1.29, 1.82) is 0 Å². The lowest BCUT2D eigenvalue weighted by Crippen LogP contribution is -2.52. The zero-order valence-corrected chi connectivity index (χ0v) is 18.4. The Labute approximate surface area is 185 Å². The molecule has 0 aromatic heterocycles. The van der Waals surface area contributed by atoms with Crippen LogP contribution in [-0.4, -0.2) is 53.8 Å². The van der Waals surface area contributed by atoms with E-state index in [4.69, 9.17) is 5.73 Å². The van der Waals surface area contributed by atoms with Crippen LogP contribution in [-0.2, 0) is 4.79 Å². The third kappa shape index (κ3) is 4.47. The quantitative estimate of drug-likeness (QED) is 0.808. The van der Waals surface area contributed by atoms with Gasteiger partial charge in [0, 0.05) is 43.7 Å². The van der Waals surface area contributed by atoms with E-state index >= 15 is 0 Å². The number of piperidine rings is 2. The number of carbonyl (C=O) groups is 2. The Morgan fingerprint density at radius 2 is 1.70 bits per heavy atom. The Kier molecular flexibility index (Phi) is 7.37. The van der Waals surface area contributed by atoms with Gasteiger partial charge in [-0.15, -0.1) is 12.4 Å². The number of rotatable bonds is 3. The minimum atomic E-state index is 0. The van der Waals surface area contributed by atoms with Gasteiger partial charge in [0.25, 0.3) is 5.91 Å². The first-order chi connectivity index (χ1) is 14.1. The first-order valence-electron chi connectivity index (χ1n) is 10.9. The fourth-order valence-corrected chi connectivity index (χ4v) is 4.91. The predicted octanol–water partition coefficient (Wildman–Crippen LogP) is 3.70. The van der Waals surface area contributed by atoms with E-state index in [-0.39, 0.29) is 36.2 Å². The molecule has 2 unspecified atom stereocenters. The molecule has 0 saturated carbocycles. The zero-order chi connectivity index (χ0) is 20.4. The van der Waals surface area contributed by atoms with Crippen molar-refractivity contribution in [2.45, 2.75) is 38.6 Å². The van der Waals surface area contributed by atoms with Crippen molar-refractivity contribution in [3.63, 3.8) is 0 Å². The highest BCUT2D eigenvalue weighted by atomic mass is 35.5. The monoisotopic (exact) mass is 429 g/mol. The third-order valence-electron chi connectivity index (χ3n) is 6.68. The van der Waals surface area contributed by atoms with Crippen LogP contribution in [0.4, 0.5) is 0 Å². The van der Waals surface area contributed by atoms with E-state index in [1.54, 1.807) is 0 Å². The molecule has 2 fully saturated rings. The maximum atomic E-state index is 13.1. The van der Waals surface area contributed by atoms with Gasteiger partial charge in [-0.2, -0.15) is 0 Å². The lowest BCUT2D eigenvalue weighted by Gasteiger charge is -2.41. The van der Waals surface area contributed by atoms with Crippen molar-refractivity contribution in [1.82, 2.24) is 9.80 Å². The smallest absolute Gasteiger partial charge is 0.254 e. The number of benzene rings is 2. The summed E-state index contributed by atoms with van der Waals surface area (Å²) in [4.78, 5) is 30.2. The van der Waals surface area contributed by atoms with Gasteiger partial charge in [0.05, 0.1) is 0 Å². The van der Waals surface area contributed by atoms with Crippen LogP contribution in [0.5, 0.6) is 0 Å². The molecule has 2 aromatic carbocycles. The largest absolute Gasteiger partial charge is 0.339 e. The van der Waals surface area contributed by atoms with E-state index in [1.165, 1.54) is 0 Å². The number of carbonyl (C=O) groups excluding carboxylic acids is 2. The van der Waals surface area contributed by atoms with Crippen LogP contribution in [0, 0.1) is 11.8 Å². The Hall–Kier alpha value is -2.11. The predicted molar refractivity (Wildman–Crippen MR) is 123 cm³/mol. The Morgan fingerprint density at radius 1 is 1.00 bits per heavy atom. The highest BCUT2D eigenvalue weighted by Gasteiger charge is 2.35. The minimum absolute atomic E-state index is 0. The van der Waals surface area contributed by atoms with Gasteiger partial charge in [0.2, 0.25) is 5.91 Å². The van der Waals surface area contributed by atoms with Crippen LogP contribution in [0.2, 0.25) is 0 Å². The van der Waals surface area contributed by atoms with Crippen LogP contribution in [0.1, 0.15) is 43.0 Å². The Balaban J connectivity index is 0.00000256. The molecule has 2 amide bonds. The first-order valence-corrected chi connectivity index (χ1v) is 10.9. The summed E-state index contributed by atoms with van der Waals surface area (Å²) in [6, 6.07) is 14.0. The number of nitrogens with zero attached hydrogens (tertiary/aromatic N) is 2. The molecule has 2 saturated heterocycles. The molecule has 6 heteroatoms. The molecule has 5 nitrogen and oxygen atoms in total. The third-order valence-corrected chi connectivity index (χ3v) is 6.68. The van der Waals surface area contributed by atoms with Crippen LogP contribution in [0.3, 0.4) is 0 Å². The van der Waals surface area contributed by atoms with Crippen LogP contribution < -0.4 is 5.73 Å². The molecule has 0 aliphatic carbocycles. The zero-order valence-electron chi connectivity index (χ0n) is 17.6. The van der Waals surface area contributed by atoms with Crippen LogP contribution in [0.25, 0.3) is 10.8 Å². The summed E-state index contributed by atoms with van der Waals surface area (Å²) in [5, 5.41) is 2.07. The number of fused-ring (bicyclic) bond motifs is 1. The summed E-state index contributed by atoms with van der Waals surface area (Å²) in [5.41, 5.74) is 6.70. The second-order valence-electron chi connectivity index (χ2n) is 8.64. The number of nitrogens with two attached hydrogens (primary N) is 1. The maximum Gasteiger partial charge on any atom is 0.254 e. The number of amides is 2. The summed E-state index contributed by atoms with van der Waals surface area (Å²) in [5.74, 6) is 0.950. The molecule has 4 rings (SSSR count). The lowest BCUT2D eigenvalue weighted by atomic mass is 9.89. The average Bonchev–Trinajstić information content (AvgIpc) is 2.77. The summed E-state index contributed by atoms with van der Waals surface area (Å²) >= 11 is 0. The molecule has 2 N–H and O–H groups in total. The van der Waals surface area contributed by atoms with Crippen LogP contribution in [0.15, 0.2) is 42.5 Å². The lowest BCUT2D eigenvalue weighted by molar-refractivity contribution is -0.141. The number of hydrogen-bond acceptors (Lipinski definition) is 3. The topological polar surface area (TPSA) is 66.6 Å². The molecule has 2 aliphatic heterocycles. The average molecular weight is 430 g/mol. The molecule has 0 bridgehead atoms. The minimum Gasteiger partial charge on any atom is -0.339 e. The van der Waals surface area contributed by atoms with Crippen LogP contribution >= 0.6 is 12.4 Å². The van der Waals surface area contributed by atoms with E-state index in [0.29, 0.717) is 25.6 Å². The SMILES string of the molecule is CC1CCN(C(=O)C2CCN(C(=O)c3cccc4ccccc34)CC2)C(CN)C1.Cl. The fourth-order valence-electron chi connectivity index (χ4n) is 4.91. The van der Waals surface area contributed by atoms with Crippen molar-refractivity contribution in [3.8, 4) is 0 Å². The number of likely N-dealkylation sites (tertiary alicyclic amines) is 2. The molecule has 2 aliphatic rings. The van der Waals surface area contributed by atoms with Gasteiger partial charge in [-0.3, -0.25) is 9.59 Å². The van der Waals surface area contributed by atoms with Gasteiger partial charge < -0.3 is 15.5 Å². The van der Waals surface area contributed by atoms with Gasteiger partial charge >= 0.3 is 0 Å². The van der Waals surface area contributed by atoms with Gasteiger partial charge in [-0.05, 0) is 48.4 Å². The van der Waals surface area contributed by atoms with Gasteiger partial charge in [0.1, 0.15) is 0 Å². The Morgan fingerprint density at radius 3 is 2.43 bits per heavy atom. The molecular weight excluding hydrogens is 398 g/mol. The maximum absolute atomic E-state index is 13.1. The van der Waals surface area contributed by atoms with Crippen molar-refractivity contribution in [2.24, 2.45) is 17.6 Å². The summed E-state index contributed by atoms with van der Waals surface area (Å²) in [6.45, 7) is 4.86. The molecule has 0 radical (unpaired) electrons. The van der Waals surface area contributed by atoms with E-state index in [2.05, 4.69) is 6.92 Å². The highest BCUT2D eigenvalue weighted by molar-refractivity contribution is 6.07. The second-order valence-corrected chi connectivity index (χ2v) is 8.64. The van der Waals surface area contributed by atoms with Crippen molar-refractivity contribution < 1.29 is 9.59 Å². The van der Waals surface area contributed by atoms with Crippen molar-refractivity contribution >= 4 is 35.0 Å². The van der Waals surface area contributed by atoms with E-state index in [1.807, 2.05) is 52.3 Å². The second kappa shape index (κ2) is 9.80. The normalized spacial score (nSPS) is 22.6. The summed E-state index contributed by atoms with van der Waals surface area (Å²) < 4.78 is 0. The van der Waals surface area contributed by atoms with E-state index in [0.717, 1.165) is 48.6 Å². The fraction of sp³-hybridized carbons (Fsp3) is 0.500. The molecule has 2 aromatic rings.